The average Bonchev–Trinajstić information content (AvgIpc) is 2.13. The minimum atomic E-state index is 0.319. The second-order valence-electron chi connectivity index (χ2n) is 2.89. The number of rotatable bonds is 6. The lowest BCUT2D eigenvalue weighted by molar-refractivity contribution is 0.295. The maximum absolute atomic E-state index is 7.88. The van der Waals surface area contributed by atoms with Crippen molar-refractivity contribution in [3.05, 3.63) is 0 Å². The summed E-state index contributed by atoms with van der Waals surface area (Å²) in [5.41, 5.74) is 0. The summed E-state index contributed by atoms with van der Waals surface area (Å²) in [5.74, 6) is 0. The van der Waals surface area contributed by atoms with Gasteiger partial charge in [0.05, 0.1) is 0 Å². The summed E-state index contributed by atoms with van der Waals surface area (Å²) in [6.45, 7) is 5.67. The Bertz CT molecular complexity index is 49.8. The van der Waals surface area contributed by atoms with Crippen molar-refractivity contribution in [2.24, 2.45) is 0 Å². The van der Waals surface area contributed by atoms with E-state index in [0.717, 1.165) is 6.42 Å². The lowest BCUT2D eigenvalue weighted by Gasteiger charge is -1.95. The van der Waals surface area contributed by atoms with Crippen LogP contribution in [0.5, 0.6) is 0 Å². The lowest BCUT2D eigenvalue weighted by Crippen LogP contribution is -2.06. The average molecular weight is 175 g/mol. The van der Waals surface area contributed by atoms with Crippen molar-refractivity contribution in [2.75, 3.05) is 20.2 Å². The lowest BCUT2D eigenvalue weighted by atomic mass is 10.2. The molecule has 0 aliphatic carbocycles. The van der Waals surface area contributed by atoms with Gasteiger partial charge >= 0.3 is 0 Å². The van der Waals surface area contributed by atoms with Gasteiger partial charge in [0.25, 0.3) is 0 Å². The number of hydrogen-bond donors (Lipinski definition) is 2. The maximum Gasteiger partial charge on any atom is 0.0428 e. The monoisotopic (exact) mass is 175 g/mol. The van der Waals surface area contributed by atoms with Gasteiger partial charge in [-0.25, -0.2) is 0 Å². The minimum Gasteiger partial charge on any atom is -0.396 e. The highest BCUT2D eigenvalue weighted by Crippen LogP contribution is 1.96. The molecule has 0 rings (SSSR count). The highest BCUT2D eigenvalue weighted by atomic mass is 16.2. The molecule has 0 fully saturated rings. The van der Waals surface area contributed by atoms with E-state index in [1.807, 2.05) is 14.0 Å². The zero-order valence-corrected chi connectivity index (χ0v) is 8.90. The molecule has 0 spiro atoms. The number of hydrogen-bond acceptors (Lipinski definition) is 2. The van der Waals surface area contributed by atoms with E-state index in [9.17, 15) is 0 Å². The molecule has 0 aromatic rings. The summed E-state index contributed by atoms with van der Waals surface area (Å²) in [4.78, 5) is 0. The molecule has 0 saturated heterocycles. The van der Waals surface area contributed by atoms with Crippen LogP contribution in [-0.4, -0.2) is 25.3 Å². The van der Waals surface area contributed by atoms with E-state index in [-0.39, 0.29) is 0 Å². The smallest absolute Gasteiger partial charge is 0.0428 e. The Hall–Kier alpha value is -0.0800. The Balaban J connectivity index is 0. The van der Waals surface area contributed by atoms with Gasteiger partial charge in [-0.05, 0) is 26.4 Å². The largest absolute Gasteiger partial charge is 0.396 e. The van der Waals surface area contributed by atoms with Crippen LogP contribution in [0.25, 0.3) is 0 Å². The van der Waals surface area contributed by atoms with Gasteiger partial charge in [-0.1, -0.05) is 33.1 Å². The molecule has 2 nitrogen and oxygen atoms in total. The number of aliphatic hydroxyl groups excluding tert-OH is 1. The van der Waals surface area contributed by atoms with Crippen molar-refractivity contribution in [3.63, 3.8) is 0 Å². The molecule has 0 aromatic heterocycles. The highest BCUT2D eigenvalue weighted by molar-refractivity contribution is 4.41. The zero-order chi connectivity index (χ0) is 9.66. The molecule has 12 heavy (non-hydrogen) atoms. The molecular weight excluding hydrogens is 150 g/mol. The molecule has 0 aliphatic rings. The first-order valence-corrected chi connectivity index (χ1v) is 5.08. The van der Waals surface area contributed by atoms with Crippen LogP contribution in [0.15, 0.2) is 0 Å². The van der Waals surface area contributed by atoms with Crippen LogP contribution in [0.1, 0.15) is 46.0 Å². The summed E-state index contributed by atoms with van der Waals surface area (Å²) >= 11 is 0. The normalized spacial score (nSPS) is 9.00. The molecule has 0 atom stereocenters. The first kappa shape index (κ1) is 14.4. The van der Waals surface area contributed by atoms with Crippen molar-refractivity contribution >= 4 is 0 Å². The van der Waals surface area contributed by atoms with Gasteiger partial charge in [0, 0.05) is 6.61 Å². The Morgan fingerprint density at radius 1 is 1.00 bits per heavy atom. The highest BCUT2D eigenvalue weighted by Gasteiger charge is 1.82. The van der Waals surface area contributed by atoms with Crippen molar-refractivity contribution < 1.29 is 5.11 Å². The molecule has 2 N–H and O–H groups in total. The van der Waals surface area contributed by atoms with E-state index in [4.69, 9.17) is 5.11 Å². The van der Waals surface area contributed by atoms with Crippen LogP contribution in [0.3, 0.4) is 0 Å². The van der Waals surface area contributed by atoms with Crippen molar-refractivity contribution in [2.45, 2.75) is 46.0 Å². The van der Waals surface area contributed by atoms with Gasteiger partial charge in [0.2, 0.25) is 0 Å². The summed E-state index contributed by atoms with van der Waals surface area (Å²) in [5, 5.41) is 11.0. The van der Waals surface area contributed by atoms with Crippen LogP contribution >= 0.6 is 0 Å². The molecule has 0 heterocycles. The summed E-state index contributed by atoms with van der Waals surface area (Å²) in [6.07, 6.45) is 6.33. The van der Waals surface area contributed by atoms with Crippen molar-refractivity contribution in [1.82, 2.24) is 5.32 Å². The summed E-state index contributed by atoms with van der Waals surface area (Å²) in [6, 6.07) is 0. The van der Waals surface area contributed by atoms with Crippen LogP contribution in [0.2, 0.25) is 0 Å². The number of unbranched alkanes of at least 4 members (excludes halogenated alkanes) is 3. The Morgan fingerprint density at radius 2 is 1.58 bits per heavy atom. The van der Waals surface area contributed by atoms with E-state index < -0.39 is 0 Å². The van der Waals surface area contributed by atoms with Crippen LogP contribution in [0, 0.1) is 0 Å². The second-order valence-corrected chi connectivity index (χ2v) is 2.89. The molecule has 0 bridgehead atoms. The van der Waals surface area contributed by atoms with Gasteiger partial charge in [-0.3, -0.25) is 0 Å². The quantitative estimate of drug-likeness (QED) is 0.606. The van der Waals surface area contributed by atoms with Crippen molar-refractivity contribution in [3.8, 4) is 0 Å². The van der Waals surface area contributed by atoms with E-state index >= 15 is 0 Å². The van der Waals surface area contributed by atoms with E-state index in [1.165, 1.54) is 32.2 Å². The fourth-order valence-electron chi connectivity index (χ4n) is 0.729. The predicted molar refractivity (Wildman–Crippen MR) is 55.4 cm³/mol. The number of aliphatic hydroxyl groups is 1. The van der Waals surface area contributed by atoms with Gasteiger partial charge in [0.1, 0.15) is 0 Å². The Kier molecular flexibility index (Phi) is 20.6. The maximum atomic E-state index is 7.88. The topological polar surface area (TPSA) is 32.3 Å². The standard InChI is InChI=1S/C7H17N.C3H8O/c1-3-4-5-6-7-8-2;1-2-3-4/h8H,3-7H2,1-2H3;4H,2-3H2,1H3. The van der Waals surface area contributed by atoms with Crippen molar-refractivity contribution in [1.29, 1.82) is 0 Å². The molecular formula is C10H25NO. The molecule has 0 aromatic carbocycles. The molecule has 76 valence electrons. The summed E-state index contributed by atoms with van der Waals surface area (Å²) < 4.78 is 0. The zero-order valence-electron chi connectivity index (χ0n) is 8.90. The first-order valence-electron chi connectivity index (χ1n) is 5.08. The molecule has 0 unspecified atom stereocenters. The van der Waals surface area contributed by atoms with Crippen LogP contribution in [-0.2, 0) is 0 Å². The molecule has 0 saturated carbocycles. The molecule has 0 amide bonds. The second kappa shape index (κ2) is 17.1. The molecule has 0 aliphatic heterocycles. The van der Waals surface area contributed by atoms with Crippen LogP contribution < -0.4 is 5.32 Å². The fraction of sp³-hybridized carbons (Fsp3) is 1.00. The Morgan fingerprint density at radius 3 is 1.92 bits per heavy atom. The minimum absolute atomic E-state index is 0.319. The van der Waals surface area contributed by atoms with Gasteiger partial charge in [-0.15, -0.1) is 0 Å². The third-order valence-electron chi connectivity index (χ3n) is 1.50. The molecule has 0 radical (unpaired) electrons. The first-order chi connectivity index (χ1) is 5.83. The van der Waals surface area contributed by atoms with E-state index in [0.29, 0.717) is 6.61 Å². The van der Waals surface area contributed by atoms with Crippen LogP contribution in [0.4, 0.5) is 0 Å². The van der Waals surface area contributed by atoms with E-state index in [1.54, 1.807) is 0 Å². The third-order valence-corrected chi connectivity index (χ3v) is 1.50. The van der Waals surface area contributed by atoms with Gasteiger partial charge in [0.15, 0.2) is 0 Å². The van der Waals surface area contributed by atoms with E-state index in [2.05, 4.69) is 12.2 Å². The van der Waals surface area contributed by atoms with Gasteiger partial charge < -0.3 is 10.4 Å². The fourth-order valence-corrected chi connectivity index (χ4v) is 0.729. The predicted octanol–water partition coefficient (Wildman–Crippen LogP) is 2.17. The van der Waals surface area contributed by atoms with Gasteiger partial charge in [-0.2, -0.15) is 0 Å². The number of nitrogens with one attached hydrogen (secondary N) is 1. The molecule has 2 heteroatoms. The summed E-state index contributed by atoms with van der Waals surface area (Å²) in [7, 11) is 2.01. The SMILES string of the molecule is CCCCCCNC.CCCO. The Labute approximate surface area is 77.4 Å². The third kappa shape index (κ3) is 22.5.